The minimum absolute atomic E-state index is 0.114. The van der Waals surface area contributed by atoms with E-state index in [1.165, 1.54) is 0 Å². The summed E-state index contributed by atoms with van der Waals surface area (Å²) in [5.41, 5.74) is -0.413. The number of hydrogen-bond acceptors (Lipinski definition) is 4. The highest BCUT2D eigenvalue weighted by Crippen LogP contribution is 2.58. The third kappa shape index (κ3) is 3.12. The molecule has 0 aromatic rings. The van der Waals surface area contributed by atoms with Crippen LogP contribution in [0.5, 0.6) is 0 Å². The zero-order chi connectivity index (χ0) is 14.9. The Balaban J connectivity index is 1.70. The minimum atomic E-state index is -0.866. The lowest BCUT2D eigenvalue weighted by Crippen LogP contribution is -2.47. The highest BCUT2D eigenvalue weighted by atomic mass is 16.4. The van der Waals surface area contributed by atoms with Crippen LogP contribution in [0.25, 0.3) is 0 Å². The van der Waals surface area contributed by atoms with Crippen molar-refractivity contribution in [1.82, 2.24) is 15.1 Å². The molecule has 1 amide bonds. The van der Waals surface area contributed by atoms with E-state index in [9.17, 15) is 9.59 Å². The topological polar surface area (TPSA) is 72.9 Å². The van der Waals surface area contributed by atoms with E-state index < -0.39 is 17.3 Å². The predicted octanol–water partition coefficient (Wildman–Crippen LogP) is -0.293. The second-order valence-corrected chi connectivity index (χ2v) is 6.55. The lowest BCUT2D eigenvalue weighted by atomic mass is 10.1. The van der Waals surface area contributed by atoms with Crippen molar-refractivity contribution in [1.29, 1.82) is 0 Å². The first-order valence-electron chi connectivity index (χ1n) is 7.25. The Morgan fingerprint density at radius 2 is 1.80 bits per heavy atom. The van der Waals surface area contributed by atoms with Crippen LogP contribution >= 0.6 is 0 Å². The Morgan fingerprint density at radius 3 is 2.30 bits per heavy atom. The van der Waals surface area contributed by atoms with E-state index in [0.29, 0.717) is 6.54 Å². The van der Waals surface area contributed by atoms with Gasteiger partial charge in [-0.15, -0.1) is 0 Å². The van der Waals surface area contributed by atoms with Gasteiger partial charge in [0, 0.05) is 39.3 Å². The first kappa shape index (κ1) is 15.3. The van der Waals surface area contributed by atoms with Gasteiger partial charge in [0.2, 0.25) is 5.91 Å². The molecule has 2 N–H and O–H groups in total. The van der Waals surface area contributed by atoms with Crippen molar-refractivity contribution in [2.75, 3.05) is 46.3 Å². The van der Waals surface area contributed by atoms with Crippen molar-refractivity contribution in [3.05, 3.63) is 0 Å². The highest BCUT2D eigenvalue weighted by Gasteiger charge is 2.65. The first-order chi connectivity index (χ1) is 9.34. The van der Waals surface area contributed by atoms with Gasteiger partial charge < -0.3 is 15.3 Å². The number of nitrogens with zero attached hydrogens (tertiary/aromatic N) is 2. The number of piperazine rings is 1. The predicted molar refractivity (Wildman–Crippen MR) is 75.3 cm³/mol. The average Bonchev–Trinajstić information content (AvgIpc) is 2.95. The van der Waals surface area contributed by atoms with Crippen molar-refractivity contribution in [2.45, 2.75) is 13.8 Å². The van der Waals surface area contributed by atoms with Crippen LogP contribution in [0.4, 0.5) is 0 Å². The Labute approximate surface area is 120 Å². The summed E-state index contributed by atoms with van der Waals surface area (Å²) < 4.78 is 0. The third-order valence-corrected chi connectivity index (χ3v) is 4.70. The van der Waals surface area contributed by atoms with E-state index >= 15 is 0 Å². The van der Waals surface area contributed by atoms with Crippen LogP contribution in [0.3, 0.4) is 0 Å². The largest absolute Gasteiger partial charge is 0.481 e. The molecule has 0 aromatic carbocycles. The summed E-state index contributed by atoms with van der Waals surface area (Å²) in [6.45, 7) is 9.30. The van der Waals surface area contributed by atoms with Gasteiger partial charge in [0.1, 0.15) is 0 Å². The molecule has 0 aromatic heterocycles. The molecule has 20 heavy (non-hydrogen) atoms. The number of nitrogens with one attached hydrogen (secondary N) is 1. The van der Waals surface area contributed by atoms with Crippen LogP contribution in [0.2, 0.25) is 0 Å². The molecule has 2 fully saturated rings. The molecule has 0 spiro atoms. The van der Waals surface area contributed by atoms with Crippen LogP contribution in [0.15, 0.2) is 0 Å². The van der Waals surface area contributed by atoms with E-state index in [0.717, 1.165) is 32.7 Å². The normalized spacial score (nSPS) is 29.9. The van der Waals surface area contributed by atoms with Crippen molar-refractivity contribution < 1.29 is 14.7 Å². The van der Waals surface area contributed by atoms with Crippen LogP contribution < -0.4 is 5.32 Å². The van der Waals surface area contributed by atoms with Gasteiger partial charge in [0.05, 0.1) is 11.8 Å². The molecule has 2 unspecified atom stereocenters. The first-order valence-corrected chi connectivity index (χ1v) is 7.25. The second kappa shape index (κ2) is 5.69. The van der Waals surface area contributed by atoms with E-state index in [1.807, 2.05) is 13.8 Å². The number of carboxylic acids is 1. The molecule has 1 saturated heterocycles. The molecule has 2 aliphatic rings. The maximum Gasteiger partial charge on any atom is 0.307 e. The number of likely N-dealkylation sites (N-methyl/N-ethyl adjacent to an activating group) is 1. The van der Waals surface area contributed by atoms with Gasteiger partial charge in [0.15, 0.2) is 0 Å². The Kier molecular flexibility index (Phi) is 4.34. The zero-order valence-electron chi connectivity index (χ0n) is 12.6. The van der Waals surface area contributed by atoms with Crippen LogP contribution in [0, 0.1) is 17.3 Å². The Bertz CT molecular complexity index is 389. The van der Waals surface area contributed by atoms with Gasteiger partial charge in [-0.05, 0) is 12.5 Å². The van der Waals surface area contributed by atoms with Crippen LogP contribution in [-0.4, -0.2) is 73.1 Å². The van der Waals surface area contributed by atoms with Crippen molar-refractivity contribution >= 4 is 11.9 Å². The molecule has 6 heteroatoms. The number of hydrogen-bond donors (Lipinski definition) is 2. The van der Waals surface area contributed by atoms with Gasteiger partial charge in [-0.25, -0.2) is 0 Å². The standard InChI is InChI=1S/C14H25N3O3/c1-14(2)10(11(14)13(19)20)12(18)15-4-5-17-8-6-16(3)7-9-17/h10-11H,4-9H2,1-3H3,(H,15,18)(H,19,20). The molecule has 1 heterocycles. The number of carboxylic acid groups (broad SMARTS) is 1. The summed E-state index contributed by atoms with van der Waals surface area (Å²) in [6.07, 6.45) is 0. The molecule has 2 atom stereocenters. The van der Waals surface area contributed by atoms with Crippen LogP contribution in [0.1, 0.15) is 13.8 Å². The summed E-state index contributed by atoms with van der Waals surface area (Å²) in [7, 11) is 2.11. The minimum Gasteiger partial charge on any atom is -0.481 e. The smallest absolute Gasteiger partial charge is 0.307 e. The number of rotatable bonds is 5. The lowest BCUT2D eigenvalue weighted by molar-refractivity contribution is -0.140. The fourth-order valence-corrected chi connectivity index (χ4v) is 3.11. The summed E-state index contributed by atoms with van der Waals surface area (Å²) in [5.74, 6) is -1.90. The van der Waals surface area contributed by atoms with Crippen LogP contribution in [-0.2, 0) is 9.59 Å². The summed E-state index contributed by atoms with van der Waals surface area (Å²) >= 11 is 0. The molecule has 0 radical (unpaired) electrons. The van der Waals surface area contributed by atoms with Crippen molar-refractivity contribution in [2.24, 2.45) is 17.3 Å². The number of amides is 1. The maximum atomic E-state index is 12.0. The molecule has 1 saturated carbocycles. The van der Waals surface area contributed by atoms with Gasteiger partial charge in [-0.1, -0.05) is 13.8 Å². The van der Waals surface area contributed by atoms with E-state index in [-0.39, 0.29) is 11.8 Å². The monoisotopic (exact) mass is 283 g/mol. The van der Waals surface area contributed by atoms with Crippen molar-refractivity contribution in [3.63, 3.8) is 0 Å². The molecule has 114 valence electrons. The third-order valence-electron chi connectivity index (χ3n) is 4.70. The zero-order valence-corrected chi connectivity index (χ0v) is 12.6. The molecule has 0 bridgehead atoms. The van der Waals surface area contributed by atoms with Gasteiger partial charge in [-0.2, -0.15) is 0 Å². The average molecular weight is 283 g/mol. The molecule has 6 nitrogen and oxygen atoms in total. The summed E-state index contributed by atoms with van der Waals surface area (Å²) in [4.78, 5) is 27.7. The van der Waals surface area contributed by atoms with Crippen molar-refractivity contribution in [3.8, 4) is 0 Å². The lowest BCUT2D eigenvalue weighted by Gasteiger charge is -2.32. The van der Waals surface area contributed by atoms with E-state index in [2.05, 4.69) is 22.2 Å². The van der Waals surface area contributed by atoms with Gasteiger partial charge in [-0.3, -0.25) is 14.5 Å². The summed E-state index contributed by atoms with van der Waals surface area (Å²) in [5, 5.41) is 12.0. The molecular weight excluding hydrogens is 258 g/mol. The Hall–Kier alpha value is -1.14. The SMILES string of the molecule is CN1CCN(CCNC(=O)C2C(C(=O)O)C2(C)C)CC1. The maximum absolute atomic E-state index is 12.0. The quantitative estimate of drug-likeness (QED) is 0.725. The molecule has 1 aliphatic carbocycles. The molecular formula is C14H25N3O3. The fraction of sp³-hybridized carbons (Fsp3) is 0.857. The fourth-order valence-electron chi connectivity index (χ4n) is 3.11. The number of carbonyl (C=O) groups is 2. The molecule has 1 aliphatic heterocycles. The van der Waals surface area contributed by atoms with Gasteiger partial charge in [0.25, 0.3) is 0 Å². The summed E-state index contributed by atoms with van der Waals surface area (Å²) in [6, 6.07) is 0. The molecule has 2 rings (SSSR count). The van der Waals surface area contributed by atoms with E-state index in [4.69, 9.17) is 5.11 Å². The number of aliphatic carboxylic acids is 1. The van der Waals surface area contributed by atoms with E-state index in [1.54, 1.807) is 0 Å². The second-order valence-electron chi connectivity index (χ2n) is 6.55. The highest BCUT2D eigenvalue weighted by molar-refractivity contribution is 5.91. The number of carbonyl (C=O) groups excluding carboxylic acids is 1. The van der Waals surface area contributed by atoms with Gasteiger partial charge >= 0.3 is 5.97 Å². The Morgan fingerprint density at radius 1 is 1.20 bits per heavy atom.